The van der Waals surface area contributed by atoms with E-state index >= 15 is 0 Å². The molecule has 1 rings (SSSR count). The van der Waals surface area contributed by atoms with Crippen molar-refractivity contribution in [3.8, 4) is 0 Å². The molecule has 1 saturated heterocycles. The third-order valence-corrected chi connectivity index (χ3v) is 4.93. The zero-order chi connectivity index (χ0) is 15.0. The lowest BCUT2D eigenvalue weighted by molar-refractivity contribution is 0.0241. The number of thioether (sulfide) groups is 1. The fraction of sp³-hybridized carbons (Fsp3) is 0.933. The van der Waals surface area contributed by atoms with Gasteiger partial charge in [-0.05, 0) is 30.9 Å². The molecule has 0 aromatic rings. The molecule has 1 heterocycles. The Kier molecular flexibility index (Phi) is 11.1. The topological polar surface area (TPSA) is 45.7 Å². The number of hydrogen-bond donors (Lipinski definition) is 2. The highest BCUT2D eigenvalue weighted by molar-refractivity contribution is 14.0. The summed E-state index contributed by atoms with van der Waals surface area (Å²) in [5.74, 6) is 2.21. The molecule has 4 nitrogen and oxygen atoms in total. The van der Waals surface area contributed by atoms with E-state index in [0.29, 0.717) is 6.54 Å². The number of ether oxygens (including phenoxy) is 1. The number of hydrogen-bond acceptors (Lipinski definition) is 3. The van der Waals surface area contributed by atoms with E-state index in [1.165, 1.54) is 18.6 Å². The van der Waals surface area contributed by atoms with Gasteiger partial charge in [-0.1, -0.05) is 20.8 Å². The molecule has 2 atom stereocenters. The summed E-state index contributed by atoms with van der Waals surface area (Å²) in [6.45, 7) is 11.2. The minimum Gasteiger partial charge on any atom is -0.379 e. The standard InChI is InChI=1S/C15H31N3OS.HI/c1-6-16-14(17-10-12-8-7-9-20-12)18-11-13(19-5)15(2,3)4;/h12-13H,6-11H2,1-5H3,(H2,16,17,18);1H. The summed E-state index contributed by atoms with van der Waals surface area (Å²) in [5, 5.41) is 7.50. The van der Waals surface area contributed by atoms with Crippen molar-refractivity contribution in [2.24, 2.45) is 10.4 Å². The second-order valence-electron chi connectivity index (χ2n) is 6.33. The van der Waals surface area contributed by atoms with Gasteiger partial charge in [-0.15, -0.1) is 24.0 Å². The third kappa shape index (κ3) is 8.50. The van der Waals surface area contributed by atoms with Crippen LogP contribution in [0.15, 0.2) is 4.99 Å². The summed E-state index contributed by atoms with van der Waals surface area (Å²) in [7, 11) is 1.76. The van der Waals surface area contributed by atoms with Gasteiger partial charge in [-0.25, -0.2) is 0 Å². The highest BCUT2D eigenvalue weighted by atomic mass is 127. The maximum atomic E-state index is 5.55. The monoisotopic (exact) mass is 429 g/mol. The molecule has 1 fully saturated rings. The Morgan fingerprint density at radius 3 is 2.57 bits per heavy atom. The second kappa shape index (κ2) is 10.9. The highest BCUT2D eigenvalue weighted by Gasteiger charge is 2.24. The van der Waals surface area contributed by atoms with Crippen LogP contribution in [0.3, 0.4) is 0 Å². The van der Waals surface area contributed by atoms with Crippen LogP contribution in [-0.2, 0) is 4.74 Å². The minimum atomic E-state index is 0. The summed E-state index contributed by atoms with van der Waals surface area (Å²) in [5.41, 5.74) is 0.108. The van der Waals surface area contributed by atoms with Crippen LogP contribution in [-0.4, -0.2) is 49.8 Å². The smallest absolute Gasteiger partial charge is 0.191 e. The number of nitrogens with zero attached hydrogens (tertiary/aromatic N) is 1. The normalized spacial score (nSPS) is 20.8. The first-order chi connectivity index (χ1) is 9.47. The van der Waals surface area contributed by atoms with Gasteiger partial charge in [0.25, 0.3) is 0 Å². The Morgan fingerprint density at radius 1 is 1.38 bits per heavy atom. The van der Waals surface area contributed by atoms with Crippen molar-refractivity contribution in [2.45, 2.75) is 51.9 Å². The average molecular weight is 429 g/mol. The molecule has 0 aromatic carbocycles. The highest BCUT2D eigenvalue weighted by Crippen LogP contribution is 2.25. The summed E-state index contributed by atoms with van der Waals surface area (Å²) in [4.78, 5) is 4.67. The molecular weight excluding hydrogens is 397 g/mol. The van der Waals surface area contributed by atoms with Gasteiger partial charge in [0.05, 0.1) is 12.6 Å². The molecule has 0 bridgehead atoms. The molecule has 6 heteroatoms. The van der Waals surface area contributed by atoms with E-state index in [1.807, 2.05) is 0 Å². The molecule has 0 spiro atoms. The van der Waals surface area contributed by atoms with Gasteiger partial charge in [0.2, 0.25) is 0 Å². The molecule has 1 aliphatic heterocycles. The Balaban J connectivity index is 0.00000400. The molecular formula is C15H32IN3OS. The van der Waals surface area contributed by atoms with Crippen LogP contribution in [0.25, 0.3) is 0 Å². The van der Waals surface area contributed by atoms with Crippen molar-refractivity contribution in [2.75, 3.05) is 32.5 Å². The fourth-order valence-electron chi connectivity index (χ4n) is 2.23. The molecule has 0 radical (unpaired) electrons. The maximum absolute atomic E-state index is 5.55. The first kappa shape index (κ1) is 21.3. The molecule has 0 amide bonds. The van der Waals surface area contributed by atoms with Crippen molar-refractivity contribution in [3.63, 3.8) is 0 Å². The van der Waals surface area contributed by atoms with Crippen LogP contribution in [0.1, 0.15) is 40.5 Å². The van der Waals surface area contributed by atoms with E-state index in [-0.39, 0.29) is 35.5 Å². The van der Waals surface area contributed by atoms with E-state index in [0.717, 1.165) is 24.3 Å². The van der Waals surface area contributed by atoms with E-state index in [9.17, 15) is 0 Å². The summed E-state index contributed by atoms with van der Waals surface area (Å²) in [6, 6.07) is 0. The Bertz CT molecular complexity index is 302. The predicted molar refractivity (Wildman–Crippen MR) is 105 cm³/mol. The van der Waals surface area contributed by atoms with Crippen LogP contribution in [0.5, 0.6) is 0 Å². The summed E-state index contributed by atoms with van der Waals surface area (Å²) < 4.78 is 5.55. The SMILES string of the molecule is CCNC(=NCC(OC)C(C)(C)C)NCC1CCCS1.I. The zero-order valence-electron chi connectivity index (χ0n) is 14.1. The van der Waals surface area contributed by atoms with Gasteiger partial charge in [0.1, 0.15) is 0 Å². The van der Waals surface area contributed by atoms with Gasteiger partial charge in [0.15, 0.2) is 5.96 Å². The molecule has 2 unspecified atom stereocenters. The summed E-state index contributed by atoms with van der Waals surface area (Å²) in [6.07, 6.45) is 2.80. The molecule has 2 N–H and O–H groups in total. The summed E-state index contributed by atoms with van der Waals surface area (Å²) >= 11 is 2.07. The molecule has 126 valence electrons. The van der Waals surface area contributed by atoms with Crippen molar-refractivity contribution >= 4 is 41.7 Å². The van der Waals surface area contributed by atoms with Gasteiger partial charge >= 0.3 is 0 Å². The van der Waals surface area contributed by atoms with Crippen molar-refractivity contribution < 1.29 is 4.74 Å². The Labute approximate surface area is 151 Å². The number of guanidine groups is 1. The van der Waals surface area contributed by atoms with Crippen molar-refractivity contribution in [1.82, 2.24) is 10.6 Å². The second-order valence-corrected chi connectivity index (χ2v) is 7.73. The number of methoxy groups -OCH3 is 1. The first-order valence-electron chi connectivity index (χ1n) is 7.64. The van der Waals surface area contributed by atoms with E-state index in [1.54, 1.807) is 7.11 Å². The first-order valence-corrected chi connectivity index (χ1v) is 8.68. The van der Waals surface area contributed by atoms with Crippen LogP contribution in [0, 0.1) is 5.41 Å². The molecule has 1 aliphatic rings. The van der Waals surface area contributed by atoms with Gasteiger partial charge in [0, 0.05) is 25.4 Å². The third-order valence-electron chi connectivity index (χ3n) is 3.53. The number of aliphatic imine (C=N–C) groups is 1. The van der Waals surface area contributed by atoms with E-state index < -0.39 is 0 Å². The quantitative estimate of drug-likeness (QED) is 0.387. The number of halogens is 1. The lowest BCUT2D eigenvalue weighted by Gasteiger charge is -2.28. The molecule has 0 aliphatic carbocycles. The van der Waals surface area contributed by atoms with Crippen molar-refractivity contribution in [3.05, 3.63) is 0 Å². The largest absolute Gasteiger partial charge is 0.379 e. The maximum Gasteiger partial charge on any atom is 0.191 e. The van der Waals surface area contributed by atoms with E-state index in [2.05, 4.69) is 55.1 Å². The van der Waals surface area contributed by atoms with Crippen LogP contribution < -0.4 is 10.6 Å². The molecule has 21 heavy (non-hydrogen) atoms. The molecule has 0 aromatic heterocycles. The van der Waals surface area contributed by atoms with Gasteiger partial charge in [-0.3, -0.25) is 4.99 Å². The fourth-order valence-corrected chi connectivity index (χ4v) is 3.43. The molecule has 0 saturated carbocycles. The lowest BCUT2D eigenvalue weighted by Crippen LogP contribution is -2.41. The lowest BCUT2D eigenvalue weighted by atomic mass is 9.89. The average Bonchev–Trinajstić information content (AvgIpc) is 2.88. The van der Waals surface area contributed by atoms with E-state index in [4.69, 9.17) is 4.74 Å². The van der Waals surface area contributed by atoms with Crippen LogP contribution in [0.4, 0.5) is 0 Å². The van der Waals surface area contributed by atoms with Gasteiger partial charge in [-0.2, -0.15) is 11.8 Å². The van der Waals surface area contributed by atoms with Crippen LogP contribution >= 0.6 is 35.7 Å². The minimum absolute atomic E-state index is 0. The zero-order valence-corrected chi connectivity index (χ0v) is 17.2. The van der Waals surface area contributed by atoms with Crippen molar-refractivity contribution in [1.29, 1.82) is 0 Å². The number of rotatable bonds is 6. The Morgan fingerprint density at radius 2 is 2.10 bits per heavy atom. The number of nitrogens with one attached hydrogen (secondary N) is 2. The van der Waals surface area contributed by atoms with Crippen LogP contribution in [0.2, 0.25) is 0 Å². The Hall–Kier alpha value is 0.310. The predicted octanol–water partition coefficient (Wildman–Crippen LogP) is 3.12. The van der Waals surface area contributed by atoms with Gasteiger partial charge < -0.3 is 15.4 Å².